The van der Waals surface area contributed by atoms with E-state index in [9.17, 15) is 14.4 Å². The van der Waals surface area contributed by atoms with E-state index in [1.807, 2.05) is 30.3 Å². The molecule has 2 aromatic carbocycles. The summed E-state index contributed by atoms with van der Waals surface area (Å²) in [7, 11) is 1.65. The molecular weight excluding hydrogens is 558 g/mol. The summed E-state index contributed by atoms with van der Waals surface area (Å²) in [6.45, 7) is 3.21. The first-order chi connectivity index (χ1) is 20.3. The standard InChI is InChI=1S/C29H37N7O5S/c1-3-4-12-31-29(40)33(2)35-18-25(38)36-22(15-19-8-10-21(11-9-19)41-14-13-37)27(39)34(17-24(35)36)16-20-6-5-7-23-26(20)32-28(30)42-23/h5-11,22,24,37H,3-4,12-18H2,1-2H3,(H2,30,32)(H,31,40)/t22-,24+/m0/s1. The second-order valence-electron chi connectivity index (χ2n) is 10.5. The number of fused-ring (bicyclic) bond motifs is 2. The molecule has 3 heterocycles. The fourth-order valence-corrected chi connectivity index (χ4v) is 6.30. The van der Waals surface area contributed by atoms with Crippen LogP contribution in [0, 0.1) is 0 Å². The van der Waals surface area contributed by atoms with Crippen LogP contribution >= 0.6 is 11.3 Å². The first kappa shape index (κ1) is 29.5. The number of amides is 4. The first-order valence-electron chi connectivity index (χ1n) is 14.1. The van der Waals surface area contributed by atoms with Crippen LogP contribution in [0.3, 0.4) is 0 Å². The zero-order valence-corrected chi connectivity index (χ0v) is 24.7. The molecule has 3 aromatic rings. The number of thiazole rings is 1. The molecule has 4 N–H and O–H groups in total. The van der Waals surface area contributed by atoms with Crippen LogP contribution in [-0.4, -0.2) is 99.9 Å². The highest BCUT2D eigenvalue weighted by molar-refractivity contribution is 7.22. The van der Waals surface area contributed by atoms with Gasteiger partial charge < -0.3 is 30.7 Å². The highest BCUT2D eigenvalue weighted by atomic mass is 32.1. The maximum absolute atomic E-state index is 14.1. The first-order valence-corrected chi connectivity index (χ1v) is 15.0. The minimum atomic E-state index is -0.762. The van der Waals surface area contributed by atoms with Crippen LogP contribution in [-0.2, 0) is 22.6 Å². The number of carbonyl (C=O) groups excluding carboxylic acids is 3. The number of piperazine rings is 1. The number of hydrogen-bond donors (Lipinski definition) is 3. The Morgan fingerprint density at radius 3 is 2.76 bits per heavy atom. The van der Waals surface area contributed by atoms with Gasteiger partial charge in [-0.25, -0.2) is 9.78 Å². The predicted octanol–water partition coefficient (Wildman–Crippen LogP) is 2.03. The van der Waals surface area contributed by atoms with Crippen LogP contribution < -0.4 is 15.8 Å². The molecule has 0 saturated carbocycles. The molecule has 4 amide bonds. The van der Waals surface area contributed by atoms with Crippen molar-refractivity contribution in [1.29, 1.82) is 0 Å². The molecule has 2 atom stereocenters. The van der Waals surface area contributed by atoms with Gasteiger partial charge in [-0.3, -0.25) is 14.6 Å². The van der Waals surface area contributed by atoms with Crippen LogP contribution in [0.15, 0.2) is 42.5 Å². The van der Waals surface area contributed by atoms with Gasteiger partial charge in [0.2, 0.25) is 11.8 Å². The summed E-state index contributed by atoms with van der Waals surface area (Å²) in [5.41, 5.74) is 8.47. The fraction of sp³-hybridized carbons (Fsp3) is 0.448. The Morgan fingerprint density at radius 1 is 1.24 bits per heavy atom. The highest BCUT2D eigenvalue weighted by Crippen LogP contribution is 2.32. The van der Waals surface area contributed by atoms with Gasteiger partial charge in [-0.15, -0.1) is 0 Å². The molecule has 12 nitrogen and oxygen atoms in total. The number of carbonyl (C=O) groups is 3. The summed E-state index contributed by atoms with van der Waals surface area (Å²) in [6.07, 6.45) is 1.59. The van der Waals surface area contributed by atoms with E-state index in [1.165, 1.54) is 16.3 Å². The zero-order valence-electron chi connectivity index (χ0n) is 23.9. The number of hydrazine groups is 1. The van der Waals surface area contributed by atoms with Gasteiger partial charge in [0.05, 0.1) is 29.9 Å². The van der Waals surface area contributed by atoms with Crippen LogP contribution in [0.1, 0.15) is 30.9 Å². The second kappa shape index (κ2) is 12.9. The summed E-state index contributed by atoms with van der Waals surface area (Å²) in [5.74, 6) is 0.234. The van der Waals surface area contributed by atoms with Gasteiger partial charge in [-0.05, 0) is 35.7 Å². The number of nitrogens with two attached hydrogens (primary N) is 1. The number of unbranched alkanes of at least 4 members (excludes halogenated alkanes) is 1. The van der Waals surface area contributed by atoms with E-state index in [0.717, 1.165) is 34.2 Å². The molecule has 13 heteroatoms. The van der Waals surface area contributed by atoms with E-state index < -0.39 is 12.2 Å². The Morgan fingerprint density at radius 2 is 2.02 bits per heavy atom. The van der Waals surface area contributed by atoms with Crippen molar-refractivity contribution in [3.63, 3.8) is 0 Å². The lowest BCUT2D eigenvalue weighted by Crippen LogP contribution is -2.65. The molecular formula is C29H37N7O5S. The average Bonchev–Trinajstić information content (AvgIpc) is 3.53. The molecule has 2 aliphatic heterocycles. The number of nitrogens with zero attached hydrogens (tertiary/aromatic N) is 5. The molecule has 0 aliphatic carbocycles. The van der Waals surface area contributed by atoms with Gasteiger partial charge in [0, 0.05) is 26.6 Å². The third-order valence-electron chi connectivity index (χ3n) is 7.65. The lowest BCUT2D eigenvalue weighted by atomic mass is 9.99. The number of ether oxygens (including phenoxy) is 1. The van der Waals surface area contributed by atoms with E-state index in [4.69, 9.17) is 15.6 Å². The quantitative estimate of drug-likeness (QED) is 0.286. The third kappa shape index (κ3) is 6.13. The normalized spacial score (nSPS) is 18.9. The predicted molar refractivity (Wildman–Crippen MR) is 159 cm³/mol. The van der Waals surface area contributed by atoms with Crippen molar-refractivity contribution in [3.05, 3.63) is 53.6 Å². The lowest BCUT2D eigenvalue weighted by Gasteiger charge is -2.45. The molecule has 0 spiro atoms. The summed E-state index contributed by atoms with van der Waals surface area (Å²) in [4.78, 5) is 48.4. The molecule has 2 fully saturated rings. The Bertz CT molecular complexity index is 1430. The molecule has 224 valence electrons. The maximum Gasteiger partial charge on any atom is 0.331 e. The van der Waals surface area contributed by atoms with Crippen LogP contribution in [0.25, 0.3) is 10.2 Å². The number of nitrogens with one attached hydrogen (secondary N) is 1. The van der Waals surface area contributed by atoms with Gasteiger partial charge in [0.25, 0.3) is 0 Å². The number of aliphatic hydroxyl groups is 1. The number of nitrogen functional groups attached to an aromatic ring is 1. The van der Waals surface area contributed by atoms with Crippen molar-refractivity contribution >= 4 is 44.5 Å². The van der Waals surface area contributed by atoms with Crippen LogP contribution in [0.5, 0.6) is 5.75 Å². The van der Waals surface area contributed by atoms with Gasteiger partial charge in [0.15, 0.2) is 5.13 Å². The number of rotatable bonds is 11. The number of anilines is 1. The Labute approximate surface area is 248 Å². The van der Waals surface area contributed by atoms with Gasteiger partial charge >= 0.3 is 6.03 Å². The summed E-state index contributed by atoms with van der Waals surface area (Å²) < 4.78 is 6.41. The van der Waals surface area contributed by atoms with Crippen LogP contribution in [0.4, 0.5) is 9.93 Å². The fourth-order valence-electron chi connectivity index (χ4n) is 5.52. The second-order valence-corrected chi connectivity index (χ2v) is 11.5. The number of aromatic nitrogens is 1. The SMILES string of the molecule is CCCCNC(=O)N(C)N1CC(=O)N2[C@@H](Cc3ccc(OCCO)cc3)C(=O)N(Cc3cccc4sc(N)nc34)C[C@@H]21. The van der Waals surface area contributed by atoms with E-state index >= 15 is 0 Å². The number of urea groups is 1. The van der Waals surface area contributed by atoms with Gasteiger partial charge in [-0.1, -0.05) is 48.9 Å². The van der Waals surface area contributed by atoms with Crippen molar-refractivity contribution < 1.29 is 24.2 Å². The summed E-state index contributed by atoms with van der Waals surface area (Å²) >= 11 is 1.40. The maximum atomic E-state index is 14.1. The third-order valence-corrected chi connectivity index (χ3v) is 8.49. The zero-order chi connectivity index (χ0) is 29.8. The molecule has 0 radical (unpaired) electrons. The Balaban J connectivity index is 1.43. The Kier molecular flexibility index (Phi) is 9.09. The van der Waals surface area contributed by atoms with Crippen molar-refractivity contribution in [2.45, 2.75) is 44.9 Å². The van der Waals surface area contributed by atoms with E-state index in [1.54, 1.807) is 34.0 Å². The molecule has 5 rings (SSSR count). The molecule has 2 saturated heterocycles. The molecule has 0 bridgehead atoms. The van der Waals surface area contributed by atoms with E-state index in [0.29, 0.717) is 30.4 Å². The van der Waals surface area contributed by atoms with E-state index in [2.05, 4.69) is 17.2 Å². The van der Waals surface area contributed by atoms with Gasteiger partial charge in [-0.2, -0.15) is 5.01 Å². The van der Waals surface area contributed by atoms with Crippen molar-refractivity contribution in [3.8, 4) is 5.75 Å². The number of hydrogen-bond acceptors (Lipinski definition) is 9. The van der Waals surface area contributed by atoms with Gasteiger partial charge in [0.1, 0.15) is 24.6 Å². The molecule has 1 aromatic heterocycles. The highest BCUT2D eigenvalue weighted by Gasteiger charge is 2.51. The number of benzene rings is 2. The monoisotopic (exact) mass is 595 g/mol. The molecule has 42 heavy (non-hydrogen) atoms. The summed E-state index contributed by atoms with van der Waals surface area (Å²) in [5, 5.41) is 15.6. The van der Waals surface area contributed by atoms with E-state index in [-0.39, 0.29) is 44.1 Å². The number of aliphatic hydroxyl groups excluding tert-OH is 1. The average molecular weight is 596 g/mol. The molecule has 0 unspecified atom stereocenters. The lowest BCUT2D eigenvalue weighted by molar-refractivity contribution is -0.157. The summed E-state index contributed by atoms with van der Waals surface area (Å²) in [6, 6.07) is 12.0. The van der Waals surface area contributed by atoms with Crippen LogP contribution in [0.2, 0.25) is 0 Å². The van der Waals surface area contributed by atoms with Crippen molar-refractivity contribution in [2.24, 2.45) is 0 Å². The largest absolute Gasteiger partial charge is 0.491 e. The smallest absolute Gasteiger partial charge is 0.331 e. The minimum Gasteiger partial charge on any atom is -0.491 e. The molecule has 2 aliphatic rings. The van der Waals surface area contributed by atoms with Crippen molar-refractivity contribution in [2.75, 3.05) is 45.6 Å². The minimum absolute atomic E-state index is 0.00781. The number of para-hydroxylation sites is 1. The van der Waals surface area contributed by atoms with Crippen molar-refractivity contribution in [1.82, 2.24) is 30.1 Å². The topological polar surface area (TPSA) is 145 Å². The Hall–Kier alpha value is -3.94.